The predicted octanol–water partition coefficient (Wildman–Crippen LogP) is 0.188. The number of carboxylic acid groups (broad SMARTS) is 1. The van der Waals surface area contributed by atoms with Gasteiger partial charge in [0.1, 0.15) is 6.04 Å². The molecule has 1 rings (SSSR count). The standard InChI is InChI=1S/C10H16N4O3/c1-5-7-8(10(16)17)11-12-14(7)6(2)9(15)13(3)4/h6H,5H2,1-4H3,(H,16,17). The minimum Gasteiger partial charge on any atom is -0.476 e. The van der Waals surface area contributed by atoms with Gasteiger partial charge in [0.25, 0.3) is 0 Å². The number of hydrogen-bond acceptors (Lipinski definition) is 4. The van der Waals surface area contributed by atoms with Crippen molar-refractivity contribution in [2.45, 2.75) is 26.3 Å². The van der Waals surface area contributed by atoms with E-state index < -0.39 is 12.0 Å². The van der Waals surface area contributed by atoms with E-state index in [1.165, 1.54) is 9.58 Å². The number of hydrogen-bond donors (Lipinski definition) is 1. The molecule has 0 aliphatic carbocycles. The summed E-state index contributed by atoms with van der Waals surface area (Å²) >= 11 is 0. The molecule has 1 heterocycles. The second-order valence-electron chi connectivity index (χ2n) is 3.90. The number of aromatic carboxylic acids is 1. The summed E-state index contributed by atoms with van der Waals surface area (Å²) in [5.74, 6) is -1.28. The number of rotatable bonds is 4. The summed E-state index contributed by atoms with van der Waals surface area (Å²) in [6, 6.07) is -0.555. The minimum absolute atomic E-state index is 0.0918. The first-order valence-corrected chi connectivity index (χ1v) is 5.28. The van der Waals surface area contributed by atoms with Crippen molar-refractivity contribution in [2.75, 3.05) is 14.1 Å². The summed E-state index contributed by atoms with van der Waals surface area (Å²) in [6.45, 7) is 3.47. The number of carbonyl (C=O) groups excluding carboxylic acids is 1. The molecule has 1 aromatic heterocycles. The highest BCUT2D eigenvalue weighted by Gasteiger charge is 2.24. The van der Waals surface area contributed by atoms with Gasteiger partial charge in [0.05, 0.1) is 5.69 Å². The largest absolute Gasteiger partial charge is 0.476 e. The molecule has 1 N–H and O–H groups in total. The van der Waals surface area contributed by atoms with E-state index in [1.54, 1.807) is 27.9 Å². The van der Waals surface area contributed by atoms with Gasteiger partial charge in [-0.3, -0.25) is 4.79 Å². The van der Waals surface area contributed by atoms with Crippen LogP contribution in [0.3, 0.4) is 0 Å². The summed E-state index contributed by atoms with van der Waals surface area (Å²) in [5.41, 5.74) is 0.367. The highest BCUT2D eigenvalue weighted by molar-refractivity contribution is 5.87. The Bertz CT molecular complexity index is 439. The van der Waals surface area contributed by atoms with Crippen LogP contribution in [0.25, 0.3) is 0 Å². The summed E-state index contributed by atoms with van der Waals surface area (Å²) in [6.07, 6.45) is 0.458. The zero-order chi connectivity index (χ0) is 13.2. The average Bonchev–Trinajstić information content (AvgIpc) is 2.70. The predicted molar refractivity (Wildman–Crippen MR) is 59.8 cm³/mol. The number of carboxylic acids is 1. The second kappa shape index (κ2) is 4.94. The third kappa shape index (κ3) is 2.43. The van der Waals surface area contributed by atoms with Crippen LogP contribution >= 0.6 is 0 Å². The average molecular weight is 240 g/mol. The van der Waals surface area contributed by atoms with Crippen molar-refractivity contribution in [2.24, 2.45) is 0 Å². The zero-order valence-corrected chi connectivity index (χ0v) is 10.3. The van der Waals surface area contributed by atoms with Gasteiger partial charge in [0.15, 0.2) is 5.69 Å². The highest BCUT2D eigenvalue weighted by Crippen LogP contribution is 2.14. The second-order valence-corrected chi connectivity index (χ2v) is 3.90. The van der Waals surface area contributed by atoms with Crippen LogP contribution in [-0.4, -0.2) is 51.0 Å². The lowest BCUT2D eigenvalue weighted by atomic mass is 10.2. The van der Waals surface area contributed by atoms with E-state index in [1.807, 2.05) is 0 Å². The summed E-state index contributed by atoms with van der Waals surface area (Å²) in [5, 5.41) is 16.3. The topological polar surface area (TPSA) is 88.3 Å². The summed E-state index contributed by atoms with van der Waals surface area (Å²) in [7, 11) is 3.28. The molecule has 1 aromatic rings. The van der Waals surface area contributed by atoms with Crippen LogP contribution in [0.2, 0.25) is 0 Å². The molecule has 1 atom stereocenters. The molecular weight excluding hydrogens is 224 g/mol. The minimum atomic E-state index is -1.13. The molecule has 1 unspecified atom stereocenters. The van der Waals surface area contributed by atoms with Gasteiger partial charge in [0, 0.05) is 14.1 Å². The third-order valence-corrected chi connectivity index (χ3v) is 2.49. The van der Waals surface area contributed by atoms with Crippen LogP contribution in [0.4, 0.5) is 0 Å². The Morgan fingerprint density at radius 2 is 2.06 bits per heavy atom. The van der Waals surface area contributed by atoms with E-state index in [4.69, 9.17) is 5.11 Å². The van der Waals surface area contributed by atoms with E-state index in [0.29, 0.717) is 12.1 Å². The monoisotopic (exact) mass is 240 g/mol. The first-order valence-electron chi connectivity index (χ1n) is 5.28. The molecule has 7 nitrogen and oxygen atoms in total. The normalized spacial score (nSPS) is 12.2. The Labute approximate surface area is 99.0 Å². The van der Waals surface area contributed by atoms with Crippen molar-refractivity contribution < 1.29 is 14.7 Å². The molecule has 94 valence electrons. The van der Waals surface area contributed by atoms with Crippen molar-refractivity contribution in [3.63, 3.8) is 0 Å². The Morgan fingerprint density at radius 1 is 1.47 bits per heavy atom. The van der Waals surface area contributed by atoms with Crippen molar-refractivity contribution in [1.82, 2.24) is 19.9 Å². The fraction of sp³-hybridized carbons (Fsp3) is 0.600. The number of carbonyl (C=O) groups is 2. The molecule has 17 heavy (non-hydrogen) atoms. The Hall–Kier alpha value is -1.92. The van der Waals surface area contributed by atoms with Gasteiger partial charge in [-0.05, 0) is 13.3 Å². The maximum atomic E-state index is 11.8. The van der Waals surface area contributed by atoms with E-state index in [-0.39, 0.29) is 11.6 Å². The molecule has 7 heteroatoms. The quantitative estimate of drug-likeness (QED) is 0.811. The molecule has 0 aliphatic heterocycles. The zero-order valence-electron chi connectivity index (χ0n) is 10.3. The van der Waals surface area contributed by atoms with Crippen molar-refractivity contribution >= 4 is 11.9 Å². The van der Waals surface area contributed by atoms with Gasteiger partial charge < -0.3 is 10.0 Å². The van der Waals surface area contributed by atoms with Crippen molar-refractivity contribution in [3.05, 3.63) is 11.4 Å². The number of nitrogens with zero attached hydrogens (tertiary/aromatic N) is 4. The van der Waals surface area contributed by atoms with Crippen LogP contribution in [0.15, 0.2) is 0 Å². The van der Waals surface area contributed by atoms with Crippen LogP contribution in [0.5, 0.6) is 0 Å². The Balaban J connectivity index is 3.15. The lowest BCUT2D eigenvalue weighted by molar-refractivity contribution is -0.132. The molecule has 0 radical (unpaired) electrons. The van der Waals surface area contributed by atoms with Gasteiger partial charge in [0.2, 0.25) is 5.91 Å². The molecular formula is C10H16N4O3. The Kier molecular flexibility index (Phi) is 3.82. The summed E-state index contributed by atoms with van der Waals surface area (Å²) < 4.78 is 1.37. The maximum absolute atomic E-state index is 11.8. The fourth-order valence-electron chi connectivity index (χ4n) is 1.60. The van der Waals surface area contributed by atoms with Crippen LogP contribution in [0, 0.1) is 0 Å². The lowest BCUT2D eigenvalue weighted by Gasteiger charge is -2.18. The smallest absolute Gasteiger partial charge is 0.358 e. The third-order valence-electron chi connectivity index (χ3n) is 2.49. The number of likely N-dealkylation sites (N-methyl/N-ethyl adjacent to an activating group) is 1. The first-order chi connectivity index (χ1) is 7.90. The van der Waals surface area contributed by atoms with E-state index in [9.17, 15) is 9.59 Å². The van der Waals surface area contributed by atoms with E-state index in [2.05, 4.69) is 10.3 Å². The van der Waals surface area contributed by atoms with Gasteiger partial charge >= 0.3 is 5.97 Å². The highest BCUT2D eigenvalue weighted by atomic mass is 16.4. The lowest BCUT2D eigenvalue weighted by Crippen LogP contribution is -2.31. The van der Waals surface area contributed by atoms with Gasteiger partial charge in [-0.15, -0.1) is 5.10 Å². The fourth-order valence-corrected chi connectivity index (χ4v) is 1.60. The first kappa shape index (κ1) is 13.1. The molecule has 0 aromatic carbocycles. The molecule has 1 amide bonds. The van der Waals surface area contributed by atoms with E-state index in [0.717, 1.165) is 0 Å². The van der Waals surface area contributed by atoms with Crippen LogP contribution < -0.4 is 0 Å². The van der Waals surface area contributed by atoms with Crippen LogP contribution in [-0.2, 0) is 11.2 Å². The van der Waals surface area contributed by atoms with Gasteiger partial charge in [-0.2, -0.15) is 0 Å². The maximum Gasteiger partial charge on any atom is 0.358 e. The number of aromatic nitrogens is 3. The molecule has 0 spiro atoms. The molecule has 0 fully saturated rings. The van der Waals surface area contributed by atoms with Crippen LogP contribution in [0.1, 0.15) is 36.1 Å². The SMILES string of the molecule is CCc1c(C(=O)O)nnn1C(C)C(=O)N(C)C. The molecule has 0 aliphatic rings. The van der Waals surface area contributed by atoms with Crippen molar-refractivity contribution in [3.8, 4) is 0 Å². The van der Waals surface area contributed by atoms with Gasteiger partial charge in [-0.25, -0.2) is 9.48 Å². The Morgan fingerprint density at radius 3 is 2.47 bits per heavy atom. The van der Waals surface area contributed by atoms with E-state index >= 15 is 0 Å². The van der Waals surface area contributed by atoms with Crippen molar-refractivity contribution in [1.29, 1.82) is 0 Å². The molecule has 0 saturated carbocycles. The van der Waals surface area contributed by atoms with Gasteiger partial charge in [-0.1, -0.05) is 12.1 Å². The number of amides is 1. The summed E-state index contributed by atoms with van der Waals surface area (Å²) in [4.78, 5) is 24.1. The molecule has 0 saturated heterocycles. The molecule has 0 bridgehead atoms.